The molecule has 1 aromatic rings. The standard InChI is InChI=1S/C11H19ClN6/c1-2-18(8-3-4-8)6-5-14-10-9(12)7-15-11(16-10)17-13/h7-8H,2-6,13H2,1H3,(H2,14,15,16,17). The first-order valence-corrected chi connectivity index (χ1v) is 6.59. The largest absolute Gasteiger partial charge is 0.367 e. The summed E-state index contributed by atoms with van der Waals surface area (Å²) in [5, 5.41) is 3.72. The molecule has 0 aliphatic heterocycles. The SMILES string of the molecule is CCN(CCNc1nc(NN)ncc1Cl)C1CC1. The van der Waals surface area contributed by atoms with Gasteiger partial charge in [-0.05, 0) is 19.4 Å². The summed E-state index contributed by atoms with van der Waals surface area (Å²) in [7, 11) is 0. The predicted molar refractivity (Wildman–Crippen MR) is 73.6 cm³/mol. The fourth-order valence-corrected chi connectivity index (χ4v) is 2.07. The zero-order chi connectivity index (χ0) is 13.0. The second-order valence-corrected chi connectivity index (χ2v) is 4.73. The number of likely N-dealkylation sites (N-methyl/N-ethyl adjacent to an activating group) is 1. The molecule has 100 valence electrons. The van der Waals surface area contributed by atoms with Crippen molar-refractivity contribution in [1.82, 2.24) is 14.9 Å². The molecule has 1 heterocycles. The molecule has 0 atom stereocenters. The summed E-state index contributed by atoms with van der Waals surface area (Å²) in [5.41, 5.74) is 2.40. The van der Waals surface area contributed by atoms with E-state index in [1.165, 1.54) is 19.0 Å². The first kappa shape index (κ1) is 13.3. The lowest BCUT2D eigenvalue weighted by atomic mass is 10.4. The lowest BCUT2D eigenvalue weighted by molar-refractivity contribution is 0.289. The van der Waals surface area contributed by atoms with E-state index in [1.54, 1.807) is 0 Å². The van der Waals surface area contributed by atoms with E-state index < -0.39 is 0 Å². The summed E-state index contributed by atoms with van der Waals surface area (Å²) in [6.07, 6.45) is 4.18. The minimum absolute atomic E-state index is 0.358. The van der Waals surface area contributed by atoms with Crippen LogP contribution in [0.4, 0.5) is 11.8 Å². The molecule has 1 fully saturated rings. The van der Waals surface area contributed by atoms with Crippen LogP contribution in [0.1, 0.15) is 19.8 Å². The Labute approximate surface area is 112 Å². The Morgan fingerprint density at radius 2 is 2.33 bits per heavy atom. The van der Waals surface area contributed by atoms with E-state index >= 15 is 0 Å². The second-order valence-electron chi connectivity index (χ2n) is 4.32. The highest BCUT2D eigenvalue weighted by Crippen LogP contribution is 2.26. The number of aromatic nitrogens is 2. The van der Waals surface area contributed by atoms with Crippen molar-refractivity contribution >= 4 is 23.4 Å². The molecular formula is C11H19ClN6. The molecule has 7 heteroatoms. The maximum Gasteiger partial charge on any atom is 0.239 e. The second kappa shape index (κ2) is 6.17. The lowest BCUT2D eigenvalue weighted by Gasteiger charge is -2.20. The van der Waals surface area contributed by atoms with E-state index in [2.05, 4.69) is 32.5 Å². The summed E-state index contributed by atoms with van der Waals surface area (Å²) in [6.45, 7) is 5.07. The van der Waals surface area contributed by atoms with Crippen molar-refractivity contribution in [3.8, 4) is 0 Å². The molecule has 18 heavy (non-hydrogen) atoms. The molecule has 1 aliphatic rings. The molecule has 0 radical (unpaired) electrons. The first-order chi connectivity index (χ1) is 8.74. The third kappa shape index (κ3) is 3.44. The number of nitrogens with zero attached hydrogens (tertiary/aromatic N) is 3. The molecule has 0 bridgehead atoms. The predicted octanol–water partition coefficient (Wildman–Crippen LogP) is 1.31. The van der Waals surface area contributed by atoms with Crippen LogP contribution in [-0.4, -0.2) is 40.5 Å². The van der Waals surface area contributed by atoms with Crippen LogP contribution < -0.4 is 16.6 Å². The van der Waals surface area contributed by atoms with Crippen molar-refractivity contribution in [3.05, 3.63) is 11.2 Å². The van der Waals surface area contributed by atoms with E-state index in [-0.39, 0.29) is 0 Å². The van der Waals surface area contributed by atoms with Crippen molar-refractivity contribution < 1.29 is 0 Å². The van der Waals surface area contributed by atoms with Gasteiger partial charge in [-0.2, -0.15) is 4.98 Å². The third-order valence-corrected chi connectivity index (χ3v) is 3.31. The number of nitrogen functional groups attached to an aromatic ring is 1. The summed E-state index contributed by atoms with van der Waals surface area (Å²) in [6, 6.07) is 0.777. The molecule has 0 unspecified atom stereocenters. The van der Waals surface area contributed by atoms with Gasteiger partial charge in [-0.1, -0.05) is 18.5 Å². The third-order valence-electron chi connectivity index (χ3n) is 3.03. The van der Waals surface area contributed by atoms with Gasteiger partial charge in [-0.15, -0.1) is 0 Å². The molecule has 0 aromatic carbocycles. The maximum atomic E-state index is 6.01. The van der Waals surface area contributed by atoms with Gasteiger partial charge in [-0.25, -0.2) is 10.8 Å². The highest BCUT2D eigenvalue weighted by atomic mass is 35.5. The number of hydrazine groups is 1. The lowest BCUT2D eigenvalue weighted by Crippen LogP contribution is -2.31. The smallest absolute Gasteiger partial charge is 0.239 e. The van der Waals surface area contributed by atoms with Crippen LogP contribution in [0.5, 0.6) is 0 Å². The van der Waals surface area contributed by atoms with Gasteiger partial charge in [0.25, 0.3) is 0 Å². The number of nitrogens with one attached hydrogen (secondary N) is 2. The highest BCUT2D eigenvalue weighted by Gasteiger charge is 2.27. The summed E-state index contributed by atoms with van der Waals surface area (Å²) in [4.78, 5) is 10.6. The number of nitrogens with two attached hydrogens (primary N) is 1. The van der Waals surface area contributed by atoms with Gasteiger partial charge in [0.1, 0.15) is 5.02 Å². The average molecular weight is 271 g/mol. The number of hydrogen-bond donors (Lipinski definition) is 3. The van der Waals surface area contributed by atoms with Crippen molar-refractivity contribution in [2.45, 2.75) is 25.8 Å². The molecule has 4 N–H and O–H groups in total. The quantitative estimate of drug-likeness (QED) is 0.512. The Morgan fingerprint density at radius 3 is 2.94 bits per heavy atom. The molecule has 1 aliphatic carbocycles. The fourth-order valence-electron chi connectivity index (χ4n) is 1.92. The van der Waals surface area contributed by atoms with E-state index in [4.69, 9.17) is 17.4 Å². The van der Waals surface area contributed by atoms with Crippen LogP contribution in [0, 0.1) is 0 Å². The number of anilines is 2. The van der Waals surface area contributed by atoms with Crippen molar-refractivity contribution in [2.75, 3.05) is 30.4 Å². The van der Waals surface area contributed by atoms with Crippen molar-refractivity contribution in [3.63, 3.8) is 0 Å². The van der Waals surface area contributed by atoms with Gasteiger partial charge in [0.15, 0.2) is 5.82 Å². The molecule has 0 amide bonds. The molecule has 2 rings (SSSR count). The van der Waals surface area contributed by atoms with Gasteiger partial charge in [0.2, 0.25) is 5.95 Å². The van der Waals surface area contributed by atoms with E-state index in [9.17, 15) is 0 Å². The van der Waals surface area contributed by atoms with Crippen molar-refractivity contribution in [1.29, 1.82) is 0 Å². The van der Waals surface area contributed by atoms with Crippen LogP contribution in [0.15, 0.2) is 6.20 Å². The van der Waals surface area contributed by atoms with Gasteiger partial charge in [0, 0.05) is 19.1 Å². The normalized spacial score (nSPS) is 14.9. The number of hydrogen-bond acceptors (Lipinski definition) is 6. The van der Waals surface area contributed by atoms with Crippen LogP contribution in [0.25, 0.3) is 0 Å². The van der Waals surface area contributed by atoms with Crippen molar-refractivity contribution in [2.24, 2.45) is 5.84 Å². The monoisotopic (exact) mass is 270 g/mol. The Kier molecular flexibility index (Phi) is 4.57. The van der Waals surface area contributed by atoms with Crippen LogP contribution in [0.3, 0.4) is 0 Å². The molecule has 0 spiro atoms. The highest BCUT2D eigenvalue weighted by molar-refractivity contribution is 6.32. The van der Waals surface area contributed by atoms with E-state index in [1.807, 2.05) is 0 Å². The Balaban J connectivity index is 1.85. The van der Waals surface area contributed by atoms with Gasteiger partial charge in [-0.3, -0.25) is 10.3 Å². The molecule has 1 aromatic heterocycles. The summed E-state index contributed by atoms with van der Waals surface area (Å²) in [5.74, 6) is 6.24. The van der Waals surface area contributed by atoms with E-state index in [0.717, 1.165) is 25.7 Å². The Hall–Kier alpha value is -1.11. The fraction of sp³-hybridized carbons (Fsp3) is 0.636. The van der Waals surface area contributed by atoms with E-state index in [0.29, 0.717) is 16.8 Å². The molecule has 1 saturated carbocycles. The Morgan fingerprint density at radius 1 is 1.56 bits per heavy atom. The molecule has 0 saturated heterocycles. The van der Waals surface area contributed by atoms with Gasteiger partial charge in [0.05, 0.1) is 6.20 Å². The van der Waals surface area contributed by atoms with Crippen LogP contribution in [-0.2, 0) is 0 Å². The zero-order valence-electron chi connectivity index (χ0n) is 10.5. The minimum atomic E-state index is 0.358. The van der Waals surface area contributed by atoms with Crippen LogP contribution in [0.2, 0.25) is 5.02 Å². The summed E-state index contributed by atoms with van der Waals surface area (Å²) < 4.78 is 0. The zero-order valence-corrected chi connectivity index (χ0v) is 11.2. The van der Waals surface area contributed by atoms with Crippen LogP contribution >= 0.6 is 11.6 Å². The number of halogens is 1. The topological polar surface area (TPSA) is 79.1 Å². The molecule has 6 nitrogen and oxygen atoms in total. The first-order valence-electron chi connectivity index (χ1n) is 6.21. The van der Waals surface area contributed by atoms with Gasteiger partial charge < -0.3 is 5.32 Å². The molecular weight excluding hydrogens is 252 g/mol. The summed E-state index contributed by atoms with van der Waals surface area (Å²) >= 11 is 6.01. The Bertz CT molecular complexity index is 395. The minimum Gasteiger partial charge on any atom is -0.367 e. The number of rotatable bonds is 7. The maximum absolute atomic E-state index is 6.01. The average Bonchev–Trinajstić information content (AvgIpc) is 3.21. The van der Waals surface area contributed by atoms with Gasteiger partial charge >= 0.3 is 0 Å².